The molecule has 0 unspecified atom stereocenters. The number of halogens is 2. The van der Waals surface area contributed by atoms with E-state index in [-0.39, 0.29) is 16.9 Å². The number of aromatic nitrogens is 3. The minimum absolute atomic E-state index is 0.0299. The molecule has 0 aliphatic carbocycles. The van der Waals surface area contributed by atoms with Crippen molar-refractivity contribution in [1.29, 1.82) is 0 Å². The molecule has 1 atom stereocenters. The summed E-state index contributed by atoms with van der Waals surface area (Å²) in [6.07, 6.45) is 4.65. The predicted molar refractivity (Wildman–Crippen MR) is 143 cm³/mol. The van der Waals surface area contributed by atoms with Gasteiger partial charge in [0.1, 0.15) is 11.6 Å². The number of anilines is 1. The molecule has 3 aromatic rings. The van der Waals surface area contributed by atoms with Gasteiger partial charge in [0.25, 0.3) is 0 Å². The minimum Gasteiger partial charge on any atom is -0.323 e. The maximum Gasteiger partial charge on any atom is 0.234 e. The van der Waals surface area contributed by atoms with Gasteiger partial charge in [-0.05, 0) is 35.4 Å². The van der Waals surface area contributed by atoms with Crippen molar-refractivity contribution in [2.24, 2.45) is 5.92 Å². The van der Waals surface area contributed by atoms with Crippen molar-refractivity contribution in [3.05, 3.63) is 59.7 Å². The van der Waals surface area contributed by atoms with Crippen LogP contribution < -0.4 is 5.32 Å². The van der Waals surface area contributed by atoms with Crippen LogP contribution in [0.25, 0.3) is 11.4 Å². The van der Waals surface area contributed by atoms with E-state index in [2.05, 4.69) is 79.0 Å². The quantitative estimate of drug-likeness (QED) is 0.213. The zero-order valence-electron chi connectivity index (χ0n) is 21.8. The van der Waals surface area contributed by atoms with Crippen molar-refractivity contribution < 1.29 is 13.6 Å². The maximum absolute atomic E-state index is 13.9. The summed E-state index contributed by atoms with van der Waals surface area (Å²) in [5.41, 5.74) is 2.22. The van der Waals surface area contributed by atoms with Gasteiger partial charge in [-0.3, -0.25) is 4.79 Å². The van der Waals surface area contributed by atoms with Crippen molar-refractivity contribution in [1.82, 2.24) is 14.8 Å². The van der Waals surface area contributed by atoms with Gasteiger partial charge in [0.15, 0.2) is 11.0 Å². The number of rotatable bonds is 11. The first-order valence-corrected chi connectivity index (χ1v) is 13.5. The third kappa shape index (κ3) is 7.63. The first kappa shape index (κ1) is 27.8. The summed E-state index contributed by atoms with van der Waals surface area (Å²) in [6, 6.07) is 11.5. The molecule has 1 heterocycles. The van der Waals surface area contributed by atoms with Crippen LogP contribution >= 0.6 is 11.8 Å². The van der Waals surface area contributed by atoms with Gasteiger partial charge in [-0.1, -0.05) is 89.9 Å². The number of benzene rings is 2. The Bertz CT molecular complexity index is 1160. The molecule has 0 spiro atoms. The molecule has 3 rings (SSSR count). The topological polar surface area (TPSA) is 59.8 Å². The van der Waals surface area contributed by atoms with E-state index >= 15 is 0 Å². The molecule has 0 aliphatic heterocycles. The van der Waals surface area contributed by atoms with E-state index in [9.17, 15) is 13.6 Å². The molecule has 1 aromatic heterocycles. The number of thioether (sulfide) groups is 1. The summed E-state index contributed by atoms with van der Waals surface area (Å²) in [5, 5.41) is 12.0. The first-order valence-electron chi connectivity index (χ1n) is 12.5. The highest BCUT2D eigenvalue weighted by molar-refractivity contribution is 7.99. The molecule has 1 N–H and O–H groups in total. The lowest BCUT2D eigenvalue weighted by molar-refractivity contribution is -0.113. The highest BCUT2D eigenvalue weighted by atomic mass is 32.2. The zero-order chi connectivity index (χ0) is 26.3. The number of hydrogen-bond donors (Lipinski definition) is 1. The normalized spacial score (nSPS) is 12.5. The van der Waals surface area contributed by atoms with Gasteiger partial charge in [0, 0.05) is 18.2 Å². The second kappa shape index (κ2) is 12.5. The van der Waals surface area contributed by atoms with E-state index < -0.39 is 17.5 Å². The number of amides is 1. The second-order valence-electron chi connectivity index (χ2n) is 10.3. The smallest absolute Gasteiger partial charge is 0.234 e. The molecule has 0 aliphatic rings. The molecular weight excluding hydrogens is 478 g/mol. The number of carbonyl (C=O) groups is 1. The minimum atomic E-state index is -0.807. The summed E-state index contributed by atoms with van der Waals surface area (Å²) in [6.45, 7) is 11.7. The summed E-state index contributed by atoms with van der Waals surface area (Å²) in [4.78, 5) is 12.5. The van der Waals surface area contributed by atoms with E-state index in [0.717, 1.165) is 36.5 Å². The summed E-state index contributed by atoms with van der Waals surface area (Å²) < 4.78 is 29.1. The molecule has 0 saturated heterocycles. The molecular formula is C28H36F2N4OS. The highest BCUT2D eigenvalue weighted by Crippen LogP contribution is 2.29. The van der Waals surface area contributed by atoms with Crippen molar-refractivity contribution in [2.45, 2.75) is 77.4 Å². The molecule has 0 fully saturated rings. The van der Waals surface area contributed by atoms with Gasteiger partial charge >= 0.3 is 0 Å². The summed E-state index contributed by atoms with van der Waals surface area (Å²) >= 11 is 1.26. The van der Waals surface area contributed by atoms with E-state index in [1.807, 2.05) is 0 Å². The van der Waals surface area contributed by atoms with Crippen LogP contribution in [-0.2, 0) is 16.8 Å². The van der Waals surface area contributed by atoms with Crippen LogP contribution in [0, 0.1) is 17.6 Å². The van der Waals surface area contributed by atoms with E-state index in [1.54, 1.807) is 0 Å². The molecule has 0 bridgehead atoms. The Morgan fingerprint density at radius 3 is 2.44 bits per heavy atom. The van der Waals surface area contributed by atoms with Crippen molar-refractivity contribution in [2.75, 3.05) is 11.1 Å². The molecule has 0 saturated carbocycles. The fourth-order valence-electron chi connectivity index (χ4n) is 3.95. The van der Waals surface area contributed by atoms with Crippen molar-refractivity contribution >= 4 is 23.4 Å². The number of nitrogens with zero attached hydrogens (tertiary/aromatic N) is 3. The Hall–Kier alpha value is -2.74. The Balaban J connectivity index is 1.78. The van der Waals surface area contributed by atoms with E-state index in [0.29, 0.717) is 11.1 Å². The SMILES string of the molecule is CCCCC[C@@H](C)Cn1c(SCC(=O)Nc2ccc(F)cc2F)nnc1-c1ccc(C(C)(C)C)cc1. The third-order valence-electron chi connectivity index (χ3n) is 6.06. The average Bonchev–Trinajstić information content (AvgIpc) is 3.21. The van der Waals surface area contributed by atoms with E-state index in [4.69, 9.17) is 0 Å². The van der Waals surface area contributed by atoms with Crippen molar-refractivity contribution in [3.8, 4) is 11.4 Å². The van der Waals surface area contributed by atoms with Crippen LogP contribution in [0.15, 0.2) is 47.6 Å². The van der Waals surface area contributed by atoms with Crippen LogP contribution in [-0.4, -0.2) is 26.4 Å². The Morgan fingerprint density at radius 1 is 1.08 bits per heavy atom. The lowest BCUT2D eigenvalue weighted by Gasteiger charge is -2.19. The van der Waals surface area contributed by atoms with E-state index in [1.165, 1.54) is 42.7 Å². The standard InChI is InChI=1S/C28H36F2N4OS/c1-6-7-8-9-19(2)17-34-26(20-10-12-21(13-11-20)28(3,4)5)32-33-27(34)36-18-25(35)31-24-15-14-22(29)16-23(24)30/h10-16,19H,6-9,17-18H2,1-5H3,(H,31,35)/t19-/m1/s1. The zero-order valence-corrected chi connectivity index (χ0v) is 22.6. The summed E-state index contributed by atoms with van der Waals surface area (Å²) in [5.74, 6) is -0.677. The Kier molecular flexibility index (Phi) is 9.65. The van der Waals surface area contributed by atoms with Gasteiger partial charge in [0.2, 0.25) is 5.91 Å². The Labute approximate surface area is 217 Å². The van der Waals surface area contributed by atoms with Crippen LogP contribution in [0.5, 0.6) is 0 Å². The fourth-order valence-corrected chi connectivity index (χ4v) is 4.69. The predicted octanol–water partition coefficient (Wildman–Crippen LogP) is 7.47. The average molecular weight is 515 g/mol. The third-order valence-corrected chi connectivity index (χ3v) is 7.03. The molecule has 8 heteroatoms. The molecule has 36 heavy (non-hydrogen) atoms. The Morgan fingerprint density at radius 2 is 1.81 bits per heavy atom. The van der Waals surface area contributed by atoms with Gasteiger partial charge in [-0.25, -0.2) is 8.78 Å². The maximum atomic E-state index is 13.9. The lowest BCUT2D eigenvalue weighted by atomic mass is 9.86. The molecule has 5 nitrogen and oxygen atoms in total. The molecule has 1 amide bonds. The summed E-state index contributed by atoms with van der Waals surface area (Å²) in [7, 11) is 0. The fraction of sp³-hybridized carbons (Fsp3) is 0.464. The lowest BCUT2D eigenvalue weighted by Crippen LogP contribution is -2.16. The van der Waals surface area contributed by atoms with Crippen LogP contribution in [0.3, 0.4) is 0 Å². The van der Waals surface area contributed by atoms with Gasteiger partial charge < -0.3 is 9.88 Å². The second-order valence-corrected chi connectivity index (χ2v) is 11.2. The number of carbonyl (C=O) groups excluding carboxylic acids is 1. The molecule has 0 radical (unpaired) electrons. The van der Waals surface area contributed by atoms with Gasteiger partial charge in [-0.15, -0.1) is 10.2 Å². The van der Waals surface area contributed by atoms with Gasteiger partial charge in [0.05, 0.1) is 11.4 Å². The number of unbranched alkanes of at least 4 members (excludes halogenated alkanes) is 2. The number of nitrogens with one attached hydrogen (secondary N) is 1. The molecule has 2 aromatic carbocycles. The highest BCUT2D eigenvalue weighted by Gasteiger charge is 2.19. The van der Waals surface area contributed by atoms with Crippen LogP contribution in [0.2, 0.25) is 0 Å². The molecule has 194 valence electrons. The first-order chi connectivity index (χ1) is 17.1. The largest absolute Gasteiger partial charge is 0.323 e. The monoisotopic (exact) mass is 514 g/mol. The van der Waals surface area contributed by atoms with Crippen molar-refractivity contribution in [3.63, 3.8) is 0 Å². The van der Waals surface area contributed by atoms with Crippen LogP contribution in [0.4, 0.5) is 14.5 Å². The van der Waals surface area contributed by atoms with Crippen LogP contribution in [0.1, 0.15) is 65.9 Å². The van der Waals surface area contributed by atoms with Gasteiger partial charge in [-0.2, -0.15) is 0 Å². The number of hydrogen-bond acceptors (Lipinski definition) is 4.